The van der Waals surface area contributed by atoms with Crippen molar-refractivity contribution in [3.63, 3.8) is 0 Å². The molecule has 0 aliphatic heterocycles. The Labute approximate surface area is 146 Å². The third kappa shape index (κ3) is 5.70. The van der Waals surface area contributed by atoms with Crippen LogP contribution in [-0.4, -0.2) is 12.1 Å². The van der Waals surface area contributed by atoms with Crippen LogP contribution in [0.15, 0.2) is 16.1 Å². The van der Waals surface area contributed by atoms with E-state index in [-0.39, 0.29) is 5.54 Å². The van der Waals surface area contributed by atoms with E-state index in [9.17, 15) is 0 Å². The molecular formula is C17H25BrClNS. The molecule has 1 heterocycles. The summed E-state index contributed by atoms with van der Waals surface area (Å²) in [4.78, 5) is 1.25. The van der Waals surface area contributed by atoms with E-state index in [0.717, 1.165) is 21.3 Å². The topological polar surface area (TPSA) is 12.0 Å². The molecule has 0 aromatic carbocycles. The Hall–Kier alpha value is 0.170. The van der Waals surface area contributed by atoms with Crippen molar-refractivity contribution in [2.75, 3.05) is 6.54 Å². The van der Waals surface area contributed by atoms with Gasteiger partial charge < -0.3 is 5.32 Å². The Morgan fingerprint density at radius 2 is 2.05 bits per heavy atom. The van der Waals surface area contributed by atoms with Crippen LogP contribution in [-0.2, 0) is 0 Å². The van der Waals surface area contributed by atoms with Gasteiger partial charge in [0, 0.05) is 21.4 Å². The number of nitrogens with one attached hydrogen (secondary N) is 1. The maximum atomic E-state index is 6.18. The molecule has 0 saturated heterocycles. The first-order valence-corrected chi connectivity index (χ1v) is 9.74. The van der Waals surface area contributed by atoms with Crippen LogP contribution in [0.4, 0.5) is 0 Å². The van der Waals surface area contributed by atoms with Crippen molar-refractivity contribution >= 4 is 44.9 Å². The average molecular weight is 391 g/mol. The summed E-state index contributed by atoms with van der Waals surface area (Å²) in [5, 5.41) is 3.65. The maximum Gasteiger partial charge on any atom is 0.108 e. The molecule has 1 saturated carbocycles. The van der Waals surface area contributed by atoms with Gasteiger partial charge in [-0.15, -0.1) is 11.3 Å². The summed E-state index contributed by atoms with van der Waals surface area (Å²) >= 11 is 11.3. The van der Waals surface area contributed by atoms with Crippen molar-refractivity contribution in [1.82, 2.24) is 5.32 Å². The molecule has 4 heteroatoms. The summed E-state index contributed by atoms with van der Waals surface area (Å²) in [6.45, 7) is 7.65. The molecule has 0 atom stereocenters. The van der Waals surface area contributed by atoms with Crippen molar-refractivity contribution in [3.8, 4) is 0 Å². The van der Waals surface area contributed by atoms with Gasteiger partial charge in [-0.1, -0.05) is 36.4 Å². The molecule has 1 aromatic rings. The smallest absolute Gasteiger partial charge is 0.108 e. The van der Waals surface area contributed by atoms with Gasteiger partial charge in [-0.3, -0.25) is 0 Å². The monoisotopic (exact) mass is 389 g/mol. The lowest BCUT2D eigenvalue weighted by atomic mass is 9.83. The molecule has 118 valence electrons. The number of hydrogen-bond acceptors (Lipinski definition) is 2. The molecule has 1 aromatic heterocycles. The van der Waals surface area contributed by atoms with Crippen molar-refractivity contribution in [2.24, 2.45) is 5.92 Å². The summed E-state index contributed by atoms with van der Waals surface area (Å²) in [7, 11) is 0. The van der Waals surface area contributed by atoms with Gasteiger partial charge in [-0.05, 0) is 67.6 Å². The zero-order valence-corrected chi connectivity index (χ0v) is 16.3. The quantitative estimate of drug-likeness (QED) is 0.617. The van der Waals surface area contributed by atoms with Gasteiger partial charge in [-0.25, -0.2) is 0 Å². The van der Waals surface area contributed by atoms with Gasteiger partial charge in [0.05, 0.1) is 0 Å². The van der Waals surface area contributed by atoms with E-state index in [0.29, 0.717) is 0 Å². The molecule has 21 heavy (non-hydrogen) atoms. The van der Waals surface area contributed by atoms with Gasteiger partial charge >= 0.3 is 0 Å². The van der Waals surface area contributed by atoms with Gasteiger partial charge in [-0.2, -0.15) is 0 Å². The van der Waals surface area contributed by atoms with Crippen LogP contribution in [0.25, 0.3) is 6.08 Å². The highest BCUT2D eigenvalue weighted by Gasteiger charge is 2.20. The first kappa shape index (κ1) is 17.5. The van der Waals surface area contributed by atoms with Gasteiger partial charge in [0.1, 0.15) is 4.34 Å². The van der Waals surface area contributed by atoms with Crippen molar-refractivity contribution in [3.05, 3.63) is 25.3 Å². The number of hydrogen-bond donors (Lipinski definition) is 1. The lowest BCUT2D eigenvalue weighted by molar-refractivity contribution is 0.378. The minimum Gasteiger partial charge on any atom is -0.308 e. The Balaban J connectivity index is 2.17. The summed E-state index contributed by atoms with van der Waals surface area (Å²) in [5.74, 6) is 0.730. The van der Waals surface area contributed by atoms with Gasteiger partial charge in [0.25, 0.3) is 0 Å². The SMILES string of the molecule is CC(C)(C)NCC(=Cc1cc(Br)c(Cl)s1)C1CCCCC1. The second-order valence-corrected chi connectivity index (χ2v) is 9.47. The standard InChI is InChI=1S/C17H25BrClNS/c1-17(2,3)20-11-13(12-7-5-4-6-8-12)9-14-10-15(18)16(19)21-14/h9-10,12,20H,4-8,11H2,1-3H3. The number of halogens is 2. The van der Waals surface area contributed by atoms with E-state index in [2.05, 4.69) is 54.2 Å². The second kappa shape index (κ2) is 7.63. The van der Waals surface area contributed by atoms with Crippen LogP contribution in [0.1, 0.15) is 57.8 Å². The average Bonchev–Trinajstić information content (AvgIpc) is 2.73. The lowest BCUT2D eigenvalue weighted by Gasteiger charge is -2.28. The van der Waals surface area contributed by atoms with Gasteiger partial charge in [0.15, 0.2) is 0 Å². The normalized spacial score (nSPS) is 18.2. The van der Waals surface area contributed by atoms with Crippen LogP contribution in [0.2, 0.25) is 4.34 Å². The third-order valence-corrected chi connectivity index (χ3v) is 6.37. The molecule has 1 aliphatic carbocycles. The molecule has 0 bridgehead atoms. The van der Waals surface area contributed by atoms with Crippen LogP contribution < -0.4 is 5.32 Å². The molecule has 0 amide bonds. The maximum absolute atomic E-state index is 6.18. The largest absolute Gasteiger partial charge is 0.308 e. The van der Waals surface area contributed by atoms with E-state index in [1.54, 1.807) is 11.3 Å². The van der Waals surface area contributed by atoms with Crippen molar-refractivity contribution in [1.29, 1.82) is 0 Å². The van der Waals surface area contributed by atoms with Crippen LogP contribution >= 0.6 is 38.9 Å². The Bertz CT molecular complexity index is 476. The summed E-state index contributed by atoms with van der Waals surface area (Å²) in [6, 6.07) is 2.13. The second-order valence-electron chi connectivity index (χ2n) is 6.93. The van der Waals surface area contributed by atoms with E-state index in [1.807, 2.05) is 0 Å². The van der Waals surface area contributed by atoms with Crippen LogP contribution in [0.3, 0.4) is 0 Å². The number of thiophene rings is 1. The van der Waals surface area contributed by atoms with Crippen LogP contribution in [0.5, 0.6) is 0 Å². The molecule has 0 spiro atoms. The van der Waals surface area contributed by atoms with Crippen LogP contribution in [0, 0.1) is 5.92 Å². The predicted octanol–water partition coefficient (Wildman–Crippen LogP) is 6.52. The van der Waals surface area contributed by atoms with Gasteiger partial charge in [0.2, 0.25) is 0 Å². The fraction of sp³-hybridized carbons (Fsp3) is 0.647. The first-order chi connectivity index (χ1) is 9.85. The fourth-order valence-electron chi connectivity index (χ4n) is 2.77. The minimum atomic E-state index is 0.154. The highest BCUT2D eigenvalue weighted by atomic mass is 79.9. The summed E-state index contributed by atoms with van der Waals surface area (Å²) in [5.41, 5.74) is 1.69. The van der Waals surface area contributed by atoms with E-state index < -0.39 is 0 Å². The Kier molecular flexibility index (Phi) is 6.37. The van der Waals surface area contributed by atoms with Crippen molar-refractivity contribution < 1.29 is 0 Å². The zero-order chi connectivity index (χ0) is 15.5. The number of rotatable bonds is 4. The molecule has 2 rings (SSSR count). The lowest BCUT2D eigenvalue weighted by Crippen LogP contribution is -2.38. The molecule has 1 nitrogen and oxygen atoms in total. The molecule has 0 radical (unpaired) electrons. The Morgan fingerprint density at radius 3 is 2.57 bits per heavy atom. The highest BCUT2D eigenvalue weighted by molar-refractivity contribution is 9.10. The van der Waals surface area contributed by atoms with Crippen molar-refractivity contribution in [2.45, 2.75) is 58.4 Å². The molecular weight excluding hydrogens is 366 g/mol. The molecule has 1 fully saturated rings. The molecule has 1 N–H and O–H groups in total. The molecule has 1 aliphatic rings. The highest BCUT2D eigenvalue weighted by Crippen LogP contribution is 2.36. The zero-order valence-electron chi connectivity index (χ0n) is 13.1. The third-order valence-electron chi connectivity index (χ3n) is 3.94. The Morgan fingerprint density at radius 1 is 1.38 bits per heavy atom. The molecule has 0 unspecified atom stereocenters. The fourth-order valence-corrected chi connectivity index (χ4v) is 4.48. The van der Waals surface area contributed by atoms with E-state index in [4.69, 9.17) is 11.6 Å². The van der Waals surface area contributed by atoms with E-state index >= 15 is 0 Å². The summed E-state index contributed by atoms with van der Waals surface area (Å²) in [6.07, 6.45) is 9.15. The summed E-state index contributed by atoms with van der Waals surface area (Å²) < 4.78 is 1.85. The first-order valence-electron chi connectivity index (χ1n) is 7.75. The minimum absolute atomic E-state index is 0.154. The van der Waals surface area contributed by atoms with E-state index in [1.165, 1.54) is 42.6 Å². The predicted molar refractivity (Wildman–Crippen MR) is 99.3 cm³/mol.